The number of rotatable bonds is 6. The Bertz CT molecular complexity index is 1180. The first-order valence-electron chi connectivity index (χ1n) is 13.6. The lowest BCUT2D eigenvalue weighted by Gasteiger charge is -2.54. The van der Waals surface area contributed by atoms with Crippen molar-refractivity contribution in [3.05, 3.63) is 59.9 Å². The van der Waals surface area contributed by atoms with E-state index in [4.69, 9.17) is 0 Å². The summed E-state index contributed by atoms with van der Waals surface area (Å²) in [6, 6.07) is 9.80. The quantitative estimate of drug-likeness (QED) is 0.589. The Morgan fingerprint density at radius 1 is 1.05 bits per heavy atom. The zero-order chi connectivity index (χ0) is 26.6. The number of hydrogen-bond acceptors (Lipinski definition) is 5. The van der Waals surface area contributed by atoms with Gasteiger partial charge < -0.3 is 20.0 Å². The Morgan fingerprint density at radius 2 is 1.82 bits per heavy atom. The smallest absolute Gasteiger partial charge is 0.323 e. The van der Waals surface area contributed by atoms with Crippen molar-refractivity contribution in [1.29, 1.82) is 0 Å². The average molecular weight is 518 g/mol. The molecule has 2 aliphatic heterocycles. The number of hydrogen-bond donors (Lipinski definition) is 1. The molecule has 9 heteroatoms. The minimum absolute atomic E-state index is 0.00697. The summed E-state index contributed by atoms with van der Waals surface area (Å²) < 4.78 is 0. The molecule has 2 atom stereocenters. The average Bonchev–Trinajstić information content (AvgIpc) is 2.93. The van der Waals surface area contributed by atoms with Crippen molar-refractivity contribution in [2.75, 3.05) is 25.0 Å². The first kappa shape index (κ1) is 25.9. The molecule has 200 valence electrons. The summed E-state index contributed by atoms with van der Waals surface area (Å²) in [6.07, 6.45) is 8.95. The van der Waals surface area contributed by atoms with Crippen LogP contribution >= 0.6 is 0 Å². The van der Waals surface area contributed by atoms with Crippen LogP contribution in [-0.4, -0.2) is 75.2 Å². The number of nitrogens with one attached hydrogen (secondary N) is 1. The first-order chi connectivity index (χ1) is 18.4. The normalized spacial score (nSPS) is 22.3. The van der Waals surface area contributed by atoms with Gasteiger partial charge in [-0.25, -0.2) is 4.79 Å². The molecule has 1 aromatic heterocycles. The van der Waals surface area contributed by atoms with Crippen molar-refractivity contribution in [2.24, 2.45) is 5.92 Å². The molecule has 1 saturated carbocycles. The molecule has 3 fully saturated rings. The SMILES string of the molecule is CC(=O)c1ccc(NC(=O)N2CCC(=O)N3[C@@H](C4CCCCC4)C(=O)N(CCc4cccnc4)C[C@H]23)cc1. The maximum Gasteiger partial charge on any atom is 0.323 e. The lowest BCUT2D eigenvalue weighted by atomic mass is 9.81. The van der Waals surface area contributed by atoms with Crippen molar-refractivity contribution >= 4 is 29.3 Å². The molecule has 3 heterocycles. The van der Waals surface area contributed by atoms with E-state index in [9.17, 15) is 19.2 Å². The summed E-state index contributed by atoms with van der Waals surface area (Å²) in [6.45, 7) is 2.58. The number of carbonyl (C=O) groups excluding carboxylic acids is 4. The third-order valence-electron chi connectivity index (χ3n) is 8.08. The highest BCUT2D eigenvalue weighted by atomic mass is 16.2. The number of Topliss-reactive ketones (excluding diaryl/α,β-unsaturated/α-hetero) is 1. The molecule has 0 spiro atoms. The van der Waals surface area contributed by atoms with Gasteiger partial charge in [-0.2, -0.15) is 0 Å². The van der Waals surface area contributed by atoms with Gasteiger partial charge in [0, 0.05) is 43.2 Å². The Hall–Kier alpha value is -3.75. The highest BCUT2D eigenvalue weighted by molar-refractivity contribution is 5.96. The van der Waals surface area contributed by atoms with Gasteiger partial charge in [-0.1, -0.05) is 25.3 Å². The first-order valence-corrected chi connectivity index (χ1v) is 13.6. The van der Waals surface area contributed by atoms with Gasteiger partial charge >= 0.3 is 6.03 Å². The van der Waals surface area contributed by atoms with E-state index in [0.29, 0.717) is 30.8 Å². The molecule has 3 aliphatic rings. The number of amides is 4. The standard InChI is InChI=1S/C29H35N5O4/c1-20(35)22-9-11-24(12-10-22)31-29(38)33-17-14-26(36)34-25(33)19-32(16-13-21-6-5-15-30-18-21)28(37)27(34)23-7-3-2-4-8-23/h5-6,9-12,15,18,23,25,27H,2-4,7-8,13-14,16-17,19H2,1H3,(H,31,38)/t25-,27+/m1/s1. The summed E-state index contributed by atoms with van der Waals surface area (Å²) in [5.74, 6) is -0.000689. The molecular weight excluding hydrogens is 482 g/mol. The second kappa shape index (κ2) is 11.3. The van der Waals surface area contributed by atoms with Gasteiger partial charge in [0.05, 0.1) is 6.54 Å². The molecular formula is C29H35N5O4. The maximum absolute atomic E-state index is 13.9. The lowest BCUT2D eigenvalue weighted by Crippen LogP contribution is -2.73. The summed E-state index contributed by atoms with van der Waals surface area (Å²) in [4.78, 5) is 61.7. The van der Waals surface area contributed by atoms with Crippen LogP contribution in [0.4, 0.5) is 10.5 Å². The number of urea groups is 1. The van der Waals surface area contributed by atoms with Gasteiger partial charge in [-0.05, 0) is 68.0 Å². The Kier molecular flexibility index (Phi) is 7.72. The Balaban J connectivity index is 1.39. The van der Waals surface area contributed by atoms with Crippen LogP contribution in [0.1, 0.15) is 61.4 Å². The molecule has 2 saturated heterocycles. The number of pyridine rings is 1. The fourth-order valence-corrected chi connectivity index (χ4v) is 6.04. The van der Waals surface area contributed by atoms with E-state index in [2.05, 4.69) is 10.3 Å². The predicted molar refractivity (Wildman–Crippen MR) is 142 cm³/mol. The molecule has 9 nitrogen and oxygen atoms in total. The molecule has 1 aliphatic carbocycles. The minimum atomic E-state index is -0.541. The third kappa shape index (κ3) is 5.42. The predicted octanol–water partition coefficient (Wildman–Crippen LogP) is 3.71. The Labute approximate surface area is 223 Å². The van der Waals surface area contributed by atoms with Gasteiger partial charge in [-0.15, -0.1) is 0 Å². The van der Waals surface area contributed by atoms with Crippen molar-refractivity contribution in [3.63, 3.8) is 0 Å². The molecule has 38 heavy (non-hydrogen) atoms. The van der Waals surface area contributed by atoms with E-state index in [1.807, 2.05) is 17.0 Å². The molecule has 0 bridgehead atoms. The molecule has 5 rings (SSSR count). The number of benzene rings is 1. The lowest BCUT2D eigenvalue weighted by molar-refractivity contribution is -0.170. The largest absolute Gasteiger partial charge is 0.337 e. The van der Waals surface area contributed by atoms with Crippen LogP contribution in [0.25, 0.3) is 0 Å². The van der Waals surface area contributed by atoms with Gasteiger partial charge in [0.2, 0.25) is 11.8 Å². The van der Waals surface area contributed by atoms with Crippen molar-refractivity contribution in [1.82, 2.24) is 19.7 Å². The van der Waals surface area contributed by atoms with E-state index in [1.165, 1.54) is 6.92 Å². The summed E-state index contributed by atoms with van der Waals surface area (Å²) in [7, 11) is 0. The van der Waals surface area contributed by atoms with Crippen LogP contribution in [0.3, 0.4) is 0 Å². The van der Waals surface area contributed by atoms with Crippen LogP contribution < -0.4 is 5.32 Å². The fraction of sp³-hybridized carbons (Fsp3) is 0.483. The molecule has 0 radical (unpaired) electrons. The monoisotopic (exact) mass is 517 g/mol. The summed E-state index contributed by atoms with van der Waals surface area (Å²) in [5.41, 5.74) is 2.19. The number of anilines is 1. The van der Waals surface area contributed by atoms with Crippen LogP contribution in [0.2, 0.25) is 0 Å². The third-order valence-corrected chi connectivity index (χ3v) is 8.08. The van der Waals surface area contributed by atoms with E-state index in [-0.39, 0.29) is 42.5 Å². The number of aromatic nitrogens is 1. The molecule has 2 aromatic rings. The summed E-state index contributed by atoms with van der Waals surface area (Å²) in [5, 5.41) is 2.93. The van der Waals surface area contributed by atoms with Crippen molar-refractivity contribution < 1.29 is 19.2 Å². The van der Waals surface area contributed by atoms with Crippen LogP contribution in [-0.2, 0) is 16.0 Å². The van der Waals surface area contributed by atoms with Gasteiger partial charge in [-0.3, -0.25) is 19.4 Å². The fourth-order valence-electron chi connectivity index (χ4n) is 6.04. The second-order valence-corrected chi connectivity index (χ2v) is 10.5. The second-order valence-electron chi connectivity index (χ2n) is 10.5. The molecule has 1 aromatic carbocycles. The van der Waals surface area contributed by atoms with E-state index < -0.39 is 12.2 Å². The number of carbonyl (C=O) groups is 4. The van der Waals surface area contributed by atoms with Crippen LogP contribution in [0.15, 0.2) is 48.8 Å². The molecule has 1 N–H and O–H groups in total. The molecule has 4 amide bonds. The number of piperazine rings is 1. The topological polar surface area (TPSA) is 103 Å². The number of fused-ring (bicyclic) bond motifs is 1. The van der Waals surface area contributed by atoms with Gasteiger partial charge in [0.15, 0.2) is 5.78 Å². The van der Waals surface area contributed by atoms with Crippen LogP contribution in [0.5, 0.6) is 0 Å². The van der Waals surface area contributed by atoms with Crippen molar-refractivity contribution in [2.45, 2.75) is 64.1 Å². The highest BCUT2D eigenvalue weighted by Crippen LogP contribution is 2.36. The van der Waals surface area contributed by atoms with E-state index in [0.717, 1.165) is 37.7 Å². The van der Waals surface area contributed by atoms with Crippen LogP contribution in [0, 0.1) is 5.92 Å². The van der Waals surface area contributed by atoms with E-state index >= 15 is 0 Å². The van der Waals surface area contributed by atoms with Gasteiger partial charge in [0.1, 0.15) is 12.2 Å². The van der Waals surface area contributed by atoms with Crippen molar-refractivity contribution in [3.8, 4) is 0 Å². The number of nitrogens with zero attached hydrogens (tertiary/aromatic N) is 4. The van der Waals surface area contributed by atoms with E-state index in [1.54, 1.807) is 46.5 Å². The zero-order valence-electron chi connectivity index (χ0n) is 21.8. The van der Waals surface area contributed by atoms with Gasteiger partial charge in [0.25, 0.3) is 0 Å². The minimum Gasteiger partial charge on any atom is -0.337 e. The Morgan fingerprint density at radius 3 is 2.50 bits per heavy atom. The number of ketones is 1. The zero-order valence-corrected chi connectivity index (χ0v) is 21.8. The summed E-state index contributed by atoms with van der Waals surface area (Å²) >= 11 is 0. The maximum atomic E-state index is 13.9. The highest BCUT2D eigenvalue weighted by Gasteiger charge is 2.51. The molecule has 0 unspecified atom stereocenters.